The second-order valence-corrected chi connectivity index (χ2v) is 5.68. The fourth-order valence-corrected chi connectivity index (χ4v) is 2.60. The first kappa shape index (κ1) is 17.1. The van der Waals surface area contributed by atoms with Crippen LogP contribution in [0.1, 0.15) is 24.2 Å². The van der Waals surface area contributed by atoms with Crippen molar-refractivity contribution in [2.75, 3.05) is 51.2 Å². The predicted octanol–water partition coefficient (Wildman–Crippen LogP) is 1.63. The highest BCUT2D eigenvalue weighted by Gasteiger charge is 2.24. The van der Waals surface area contributed by atoms with Crippen molar-refractivity contribution < 1.29 is 9.59 Å². The van der Waals surface area contributed by atoms with Crippen LogP contribution in [0.4, 0.5) is 10.5 Å². The van der Waals surface area contributed by atoms with Gasteiger partial charge in [-0.15, -0.1) is 0 Å². The van der Waals surface area contributed by atoms with Crippen LogP contribution >= 0.6 is 0 Å². The number of urea groups is 1. The number of piperazine rings is 1. The highest BCUT2D eigenvalue weighted by Crippen LogP contribution is 2.15. The van der Waals surface area contributed by atoms with Crippen LogP contribution in [-0.4, -0.2) is 68.1 Å². The monoisotopic (exact) mass is 318 g/mol. The standard InChI is InChI=1S/C17H26N4O2/c1-4-18-17(23)21-12-10-20(11-13-21)16(22)14-6-8-15(9-7-14)19(3)5-2/h6-9H,4-5,10-13H2,1-3H3,(H,18,23). The molecule has 6 nitrogen and oxygen atoms in total. The van der Waals surface area contributed by atoms with Crippen LogP contribution in [0.5, 0.6) is 0 Å². The van der Waals surface area contributed by atoms with E-state index in [4.69, 9.17) is 0 Å². The fourth-order valence-electron chi connectivity index (χ4n) is 2.60. The zero-order valence-electron chi connectivity index (χ0n) is 14.2. The van der Waals surface area contributed by atoms with Crippen molar-refractivity contribution in [2.24, 2.45) is 0 Å². The van der Waals surface area contributed by atoms with Gasteiger partial charge in [0.05, 0.1) is 0 Å². The van der Waals surface area contributed by atoms with Crippen LogP contribution in [0.3, 0.4) is 0 Å². The molecular formula is C17H26N4O2. The number of nitrogens with zero attached hydrogens (tertiary/aromatic N) is 3. The molecule has 6 heteroatoms. The van der Waals surface area contributed by atoms with Gasteiger partial charge in [0.2, 0.25) is 0 Å². The van der Waals surface area contributed by atoms with Crippen molar-refractivity contribution in [2.45, 2.75) is 13.8 Å². The van der Waals surface area contributed by atoms with Gasteiger partial charge in [0.1, 0.15) is 0 Å². The predicted molar refractivity (Wildman–Crippen MR) is 91.9 cm³/mol. The first-order valence-corrected chi connectivity index (χ1v) is 8.20. The van der Waals surface area contributed by atoms with E-state index in [-0.39, 0.29) is 11.9 Å². The summed E-state index contributed by atoms with van der Waals surface area (Å²) < 4.78 is 0. The summed E-state index contributed by atoms with van der Waals surface area (Å²) >= 11 is 0. The van der Waals surface area contributed by atoms with Crippen molar-refractivity contribution >= 4 is 17.6 Å². The molecule has 0 unspecified atom stereocenters. The maximum Gasteiger partial charge on any atom is 0.317 e. The Morgan fingerprint density at radius 2 is 1.61 bits per heavy atom. The lowest BCUT2D eigenvalue weighted by Gasteiger charge is -2.34. The molecule has 0 spiro atoms. The minimum atomic E-state index is -0.0495. The topological polar surface area (TPSA) is 55.9 Å². The van der Waals surface area contributed by atoms with Crippen LogP contribution < -0.4 is 10.2 Å². The van der Waals surface area contributed by atoms with Gasteiger partial charge in [-0.25, -0.2) is 4.79 Å². The minimum Gasteiger partial charge on any atom is -0.375 e. The average Bonchev–Trinajstić information content (AvgIpc) is 2.61. The van der Waals surface area contributed by atoms with E-state index >= 15 is 0 Å². The molecule has 0 bridgehead atoms. The van der Waals surface area contributed by atoms with Crippen molar-refractivity contribution in [3.8, 4) is 0 Å². The van der Waals surface area contributed by atoms with Gasteiger partial charge < -0.3 is 20.0 Å². The van der Waals surface area contributed by atoms with Gasteiger partial charge in [0, 0.05) is 57.6 Å². The van der Waals surface area contributed by atoms with Crippen molar-refractivity contribution in [1.82, 2.24) is 15.1 Å². The summed E-state index contributed by atoms with van der Waals surface area (Å²) in [6.45, 7) is 7.85. The number of amides is 3. The lowest BCUT2D eigenvalue weighted by atomic mass is 10.1. The highest BCUT2D eigenvalue weighted by atomic mass is 16.2. The fraction of sp³-hybridized carbons (Fsp3) is 0.529. The molecule has 126 valence electrons. The Morgan fingerprint density at radius 1 is 1.04 bits per heavy atom. The van der Waals surface area contributed by atoms with E-state index in [1.54, 1.807) is 4.90 Å². The molecule has 1 saturated heterocycles. The number of hydrogen-bond acceptors (Lipinski definition) is 3. The van der Waals surface area contributed by atoms with E-state index in [0.29, 0.717) is 38.3 Å². The van der Waals surface area contributed by atoms with E-state index in [9.17, 15) is 9.59 Å². The third kappa shape index (κ3) is 4.15. The molecule has 1 aliphatic heterocycles. The number of hydrogen-bond donors (Lipinski definition) is 1. The SMILES string of the molecule is CCNC(=O)N1CCN(C(=O)c2ccc(N(C)CC)cc2)CC1. The Balaban J connectivity index is 1.93. The van der Waals surface area contributed by atoms with Crippen LogP contribution in [-0.2, 0) is 0 Å². The molecule has 23 heavy (non-hydrogen) atoms. The van der Waals surface area contributed by atoms with Crippen molar-refractivity contribution in [3.63, 3.8) is 0 Å². The van der Waals surface area contributed by atoms with Crippen LogP contribution in [0.2, 0.25) is 0 Å². The van der Waals surface area contributed by atoms with Crippen LogP contribution in [0, 0.1) is 0 Å². The van der Waals surface area contributed by atoms with Gasteiger partial charge in [0.15, 0.2) is 0 Å². The van der Waals surface area contributed by atoms with Crippen molar-refractivity contribution in [3.05, 3.63) is 29.8 Å². The third-order valence-corrected chi connectivity index (χ3v) is 4.21. The Bertz CT molecular complexity index is 536. The van der Waals surface area contributed by atoms with Crippen molar-refractivity contribution in [1.29, 1.82) is 0 Å². The second kappa shape index (κ2) is 7.85. The summed E-state index contributed by atoms with van der Waals surface area (Å²) in [4.78, 5) is 30.0. The lowest BCUT2D eigenvalue weighted by Crippen LogP contribution is -2.53. The summed E-state index contributed by atoms with van der Waals surface area (Å²) in [5.41, 5.74) is 1.80. The van der Waals surface area contributed by atoms with Gasteiger partial charge >= 0.3 is 6.03 Å². The zero-order chi connectivity index (χ0) is 16.8. The average molecular weight is 318 g/mol. The highest BCUT2D eigenvalue weighted by molar-refractivity contribution is 5.94. The van der Waals surface area contributed by atoms with Gasteiger partial charge in [-0.3, -0.25) is 4.79 Å². The lowest BCUT2D eigenvalue weighted by molar-refractivity contribution is 0.0665. The zero-order valence-corrected chi connectivity index (χ0v) is 14.2. The first-order valence-electron chi connectivity index (χ1n) is 8.20. The summed E-state index contributed by atoms with van der Waals surface area (Å²) in [5.74, 6) is 0.0336. The second-order valence-electron chi connectivity index (χ2n) is 5.68. The number of anilines is 1. The molecule has 2 rings (SSSR count). The molecular weight excluding hydrogens is 292 g/mol. The summed E-state index contributed by atoms with van der Waals surface area (Å²) in [6.07, 6.45) is 0. The van der Waals surface area contributed by atoms with Gasteiger partial charge in [-0.05, 0) is 38.1 Å². The number of carbonyl (C=O) groups excluding carboxylic acids is 2. The maximum atomic E-state index is 12.5. The molecule has 1 N–H and O–H groups in total. The molecule has 0 saturated carbocycles. The van der Waals surface area contributed by atoms with E-state index in [1.165, 1.54) is 0 Å². The molecule has 3 amide bonds. The summed E-state index contributed by atoms with van der Waals surface area (Å²) in [7, 11) is 2.03. The first-order chi connectivity index (χ1) is 11.1. The van der Waals surface area contributed by atoms with Crippen LogP contribution in [0.25, 0.3) is 0 Å². The summed E-state index contributed by atoms with van der Waals surface area (Å²) in [6, 6.07) is 7.65. The normalized spacial score (nSPS) is 14.6. The Labute approximate surface area is 138 Å². The molecule has 0 aliphatic carbocycles. The Morgan fingerprint density at radius 3 is 2.13 bits per heavy atom. The van der Waals surface area contributed by atoms with E-state index in [2.05, 4.69) is 17.1 Å². The molecule has 0 aromatic heterocycles. The van der Waals surface area contributed by atoms with Gasteiger partial charge in [-0.2, -0.15) is 0 Å². The molecule has 1 aromatic rings. The van der Waals surface area contributed by atoms with E-state index in [0.717, 1.165) is 12.2 Å². The number of benzene rings is 1. The Hall–Kier alpha value is -2.24. The summed E-state index contributed by atoms with van der Waals surface area (Å²) in [5, 5.41) is 2.79. The minimum absolute atomic E-state index is 0.0336. The number of nitrogens with one attached hydrogen (secondary N) is 1. The van der Waals surface area contributed by atoms with Crippen LogP contribution in [0.15, 0.2) is 24.3 Å². The molecule has 0 radical (unpaired) electrons. The number of carbonyl (C=O) groups is 2. The molecule has 1 aliphatic rings. The molecule has 1 fully saturated rings. The third-order valence-electron chi connectivity index (χ3n) is 4.21. The molecule has 1 aromatic carbocycles. The van der Waals surface area contributed by atoms with Gasteiger partial charge in [0.25, 0.3) is 5.91 Å². The van der Waals surface area contributed by atoms with Gasteiger partial charge in [-0.1, -0.05) is 0 Å². The van der Waals surface area contributed by atoms with E-state index < -0.39 is 0 Å². The maximum absolute atomic E-state index is 12.5. The smallest absolute Gasteiger partial charge is 0.317 e. The quantitative estimate of drug-likeness (QED) is 0.918. The Kier molecular flexibility index (Phi) is 5.84. The largest absolute Gasteiger partial charge is 0.375 e. The molecule has 1 heterocycles. The number of rotatable bonds is 4. The van der Waals surface area contributed by atoms with E-state index in [1.807, 2.05) is 43.1 Å². The molecule has 0 atom stereocenters.